The van der Waals surface area contributed by atoms with Gasteiger partial charge in [-0.15, -0.1) is 12.4 Å². The van der Waals surface area contributed by atoms with Gasteiger partial charge in [0.2, 0.25) is 0 Å². The first kappa shape index (κ1) is 12.9. The summed E-state index contributed by atoms with van der Waals surface area (Å²) in [7, 11) is 0. The van der Waals surface area contributed by atoms with E-state index in [1.807, 2.05) is 6.07 Å². The monoisotopic (exact) mass is 171 g/mol. The molecule has 62 valence electrons. The van der Waals surface area contributed by atoms with Gasteiger partial charge in [-0.1, -0.05) is 12.1 Å². The van der Waals surface area contributed by atoms with Crippen molar-refractivity contribution in [3.63, 3.8) is 0 Å². The SMILES string of the molecule is Cc1c#ccc(C)c1C.Cl.N. The van der Waals surface area contributed by atoms with Gasteiger partial charge in [0.25, 0.3) is 0 Å². The molecule has 2 heteroatoms. The molecule has 1 aromatic rings. The van der Waals surface area contributed by atoms with Crippen LogP contribution in [0.1, 0.15) is 16.7 Å². The lowest BCUT2D eigenvalue weighted by Gasteiger charge is -1.96. The van der Waals surface area contributed by atoms with Crippen molar-refractivity contribution in [2.24, 2.45) is 0 Å². The molecule has 0 aliphatic rings. The molecule has 11 heavy (non-hydrogen) atoms. The van der Waals surface area contributed by atoms with Gasteiger partial charge in [0.15, 0.2) is 0 Å². The van der Waals surface area contributed by atoms with Crippen molar-refractivity contribution in [3.05, 3.63) is 34.9 Å². The average molecular weight is 172 g/mol. The minimum atomic E-state index is 0. The van der Waals surface area contributed by atoms with Crippen LogP contribution in [0.25, 0.3) is 0 Å². The molecule has 0 aliphatic carbocycles. The van der Waals surface area contributed by atoms with E-state index in [0.29, 0.717) is 0 Å². The number of rotatable bonds is 0. The van der Waals surface area contributed by atoms with Gasteiger partial charge in [0.1, 0.15) is 0 Å². The molecule has 0 saturated carbocycles. The summed E-state index contributed by atoms with van der Waals surface area (Å²) in [5, 5.41) is 0. The molecule has 0 fully saturated rings. The van der Waals surface area contributed by atoms with Crippen molar-refractivity contribution in [3.8, 4) is 0 Å². The molecule has 0 spiro atoms. The third kappa shape index (κ3) is 2.80. The van der Waals surface area contributed by atoms with Crippen LogP contribution < -0.4 is 6.15 Å². The van der Waals surface area contributed by atoms with E-state index in [1.165, 1.54) is 16.7 Å². The van der Waals surface area contributed by atoms with E-state index in [9.17, 15) is 0 Å². The van der Waals surface area contributed by atoms with Gasteiger partial charge in [-0.25, -0.2) is 0 Å². The van der Waals surface area contributed by atoms with E-state index in [1.54, 1.807) is 0 Å². The first-order valence-electron chi connectivity index (χ1n) is 3.08. The largest absolute Gasteiger partial charge is 0.344 e. The van der Waals surface area contributed by atoms with E-state index in [4.69, 9.17) is 0 Å². The van der Waals surface area contributed by atoms with Crippen molar-refractivity contribution in [1.29, 1.82) is 0 Å². The second kappa shape index (κ2) is 5.01. The predicted molar refractivity (Wildman–Crippen MR) is 50.6 cm³/mol. The Balaban J connectivity index is 0. The summed E-state index contributed by atoms with van der Waals surface area (Å²) in [5.41, 5.74) is 3.83. The zero-order chi connectivity index (χ0) is 6.85. The van der Waals surface area contributed by atoms with Crippen LogP contribution in [0.2, 0.25) is 0 Å². The van der Waals surface area contributed by atoms with E-state index in [2.05, 4.69) is 32.9 Å². The maximum absolute atomic E-state index is 3.02. The Kier molecular flexibility index (Phi) is 5.88. The number of aryl methyl sites for hydroxylation is 1. The van der Waals surface area contributed by atoms with Crippen molar-refractivity contribution in [2.45, 2.75) is 20.8 Å². The number of hydrogen-bond donors (Lipinski definition) is 1. The highest BCUT2D eigenvalue weighted by atomic mass is 35.5. The van der Waals surface area contributed by atoms with Crippen LogP contribution in [0.5, 0.6) is 0 Å². The van der Waals surface area contributed by atoms with E-state index < -0.39 is 0 Å². The Hall–Kier alpha value is -0.710. The highest BCUT2D eigenvalue weighted by molar-refractivity contribution is 5.85. The lowest BCUT2D eigenvalue weighted by Crippen LogP contribution is -1.81. The van der Waals surface area contributed by atoms with Crippen LogP contribution in [0.15, 0.2) is 6.07 Å². The van der Waals surface area contributed by atoms with Crippen molar-refractivity contribution in [1.82, 2.24) is 6.15 Å². The zero-order valence-corrected chi connectivity index (χ0v) is 8.01. The van der Waals surface area contributed by atoms with Gasteiger partial charge in [0, 0.05) is 5.56 Å². The van der Waals surface area contributed by atoms with Gasteiger partial charge in [0.05, 0.1) is 0 Å². The predicted octanol–water partition coefficient (Wildman–Crippen LogP) is 2.80. The Morgan fingerprint density at radius 3 is 2.09 bits per heavy atom. The molecular formula is C9H14ClN. The Labute approximate surface area is 74.8 Å². The highest BCUT2D eigenvalue weighted by Gasteiger charge is 1.91. The van der Waals surface area contributed by atoms with Gasteiger partial charge in [-0.05, 0) is 38.0 Å². The van der Waals surface area contributed by atoms with Crippen molar-refractivity contribution in [2.75, 3.05) is 0 Å². The van der Waals surface area contributed by atoms with Gasteiger partial charge in [-0.3, -0.25) is 0 Å². The van der Waals surface area contributed by atoms with Crippen LogP contribution in [-0.4, -0.2) is 0 Å². The van der Waals surface area contributed by atoms with E-state index in [-0.39, 0.29) is 18.6 Å². The summed E-state index contributed by atoms with van der Waals surface area (Å²) in [6.45, 7) is 6.25. The first-order chi connectivity index (χ1) is 4.22. The molecule has 0 bridgehead atoms. The fourth-order valence-corrected chi connectivity index (χ4v) is 0.750. The molecule has 3 N–H and O–H groups in total. The van der Waals surface area contributed by atoms with Gasteiger partial charge >= 0.3 is 0 Å². The molecule has 0 radical (unpaired) electrons. The molecule has 1 nitrogen and oxygen atoms in total. The van der Waals surface area contributed by atoms with Crippen molar-refractivity contribution >= 4 is 12.4 Å². The normalized spacial score (nSPS) is 7.18. The number of hydrogen-bond acceptors (Lipinski definition) is 1. The second-order valence-electron chi connectivity index (χ2n) is 2.35. The van der Waals surface area contributed by atoms with Crippen LogP contribution >= 0.6 is 12.4 Å². The van der Waals surface area contributed by atoms with Crippen LogP contribution in [0.4, 0.5) is 0 Å². The topological polar surface area (TPSA) is 35.0 Å². The lowest BCUT2D eigenvalue weighted by atomic mass is 10.1. The zero-order valence-electron chi connectivity index (χ0n) is 7.19. The third-order valence-electron chi connectivity index (χ3n) is 1.70. The summed E-state index contributed by atoms with van der Waals surface area (Å²) in [5.74, 6) is 0. The van der Waals surface area contributed by atoms with Crippen molar-refractivity contribution < 1.29 is 0 Å². The smallest absolute Gasteiger partial charge is 0.00248 e. The fourth-order valence-electron chi connectivity index (χ4n) is 0.750. The average Bonchev–Trinajstić information content (AvgIpc) is 1.83. The minimum absolute atomic E-state index is 0. The summed E-state index contributed by atoms with van der Waals surface area (Å²) in [4.78, 5) is 0. The number of halogens is 1. The summed E-state index contributed by atoms with van der Waals surface area (Å²) >= 11 is 0. The third-order valence-corrected chi connectivity index (χ3v) is 1.70. The molecule has 1 aromatic carbocycles. The first-order valence-corrected chi connectivity index (χ1v) is 3.08. The highest BCUT2D eigenvalue weighted by Crippen LogP contribution is 2.06. The van der Waals surface area contributed by atoms with Gasteiger partial charge in [-0.2, -0.15) is 0 Å². The quantitative estimate of drug-likeness (QED) is 0.640. The lowest BCUT2D eigenvalue weighted by molar-refractivity contribution is 1.28. The Morgan fingerprint density at radius 1 is 1.18 bits per heavy atom. The van der Waals surface area contributed by atoms with Crippen LogP contribution in [0, 0.1) is 32.9 Å². The summed E-state index contributed by atoms with van der Waals surface area (Å²) < 4.78 is 0. The molecule has 0 aliphatic heterocycles. The minimum Gasteiger partial charge on any atom is -0.344 e. The van der Waals surface area contributed by atoms with Crippen LogP contribution in [-0.2, 0) is 0 Å². The van der Waals surface area contributed by atoms with E-state index in [0.717, 1.165) is 0 Å². The molecule has 1 rings (SSSR count). The molecule has 0 heterocycles. The summed E-state index contributed by atoms with van der Waals surface area (Å²) in [6, 6.07) is 7.92. The standard InChI is InChI=1S/C9H10.ClH.H3N/c1-7-5-4-6-8(2)9(7)3;;/h5H,1-3H3;1H;1H3. The molecule has 0 atom stereocenters. The molecule has 0 unspecified atom stereocenters. The molecule has 0 amide bonds. The maximum atomic E-state index is 3.02. The Bertz CT molecular complexity index is 201. The Morgan fingerprint density at radius 2 is 1.73 bits per heavy atom. The van der Waals surface area contributed by atoms with Gasteiger partial charge < -0.3 is 6.15 Å². The second-order valence-corrected chi connectivity index (χ2v) is 2.35. The maximum Gasteiger partial charge on any atom is 0.00248 e. The van der Waals surface area contributed by atoms with E-state index >= 15 is 0 Å². The fraction of sp³-hybridized carbons (Fsp3) is 0.333. The van der Waals surface area contributed by atoms with Crippen LogP contribution in [0.3, 0.4) is 0 Å². The molecule has 0 aromatic heterocycles. The molecular weight excluding hydrogens is 158 g/mol. The molecule has 0 saturated heterocycles. The summed E-state index contributed by atoms with van der Waals surface area (Å²) in [6.07, 6.45) is 0.